The van der Waals surface area contributed by atoms with Crippen molar-refractivity contribution >= 4 is 17.1 Å². The molecule has 170 valence electrons. The predicted octanol–water partition coefficient (Wildman–Crippen LogP) is 8.38. The third-order valence-electron chi connectivity index (χ3n) is 6.77. The highest BCUT2D eigenvalue weighted by Crippen LogP contribution is 2.45. The molecule has 2 heteroatoms. The molecule has 2 atom stereocenters. The molecule has 1 aliphatic rings. The van der Waals surface area contributed by atoms with Crippen molar-refractivity contribution in [3.05, 3.63) is 132 Å². The number of unbranched alkanes of at least 4 members (excludes halogenated alkanes) is 1. The summed E-state index contributed by atoms with van der Waals surface area (Å²) in [6.45, 7) is 3.16. The Bertz CT molecular complexity index is 1220. The van der Waals surface area contributed by atoms with Gasteiger partial charge in [0, 0.05) is 23.7 Å². The molecule has 1 aliphatic heterocycles. The first-order valence-corrected chi connectivity index (χ1v) is 12.4. The maximum atomic E-state index is 5.30. The second kappa shape index (κ2) is 10.5. The first kappa shape index (κ1) is 22.2. The summed E-state index contributed by atoms with van der Waals surface area (Å²) < 4.78 is 0. The van der Waals surface area contributed by atoms with E-state index in [9.17, 15) is 0 Å². The molecule has 1 heterocycles. The van der Waals surface area contributed by atoms with Gasteiger partial charge in [-0.1, -0.05) is 117 Å². The van der Waals surface area contributed by atoms with Crippen molar-refractivity contribution in [2.75, 3.05) is 4.90 Å². The summed E-state index contributed by atoms with van der Waals surface area (Å²) in [5, 5.41) is 0. The van der Waals surface area contributed by atoms with Gasteiger partial charge in [0.1, 0.15) is 0 Å². The molecule has 5 rings (SSSR count). The van der Waals surface area contributed by atoms with E-state index in [1.165, 1.54) is 40.9 Å². The van der Waals surface area contributed by atoms with Gasteiger partial charge in [-0.05, 0) is 35.7 Å². The van der Waals surface area contributed by atoms with Crippen LogP contribution in [-0.4, -0.2) is 5.71 Å². The van der Waals surface area contributed by atoms with Crippen molar-refractivity contribution < 1.29 is 0 Å². The summed E-state index contributed by atoms with van der Waals surface area (Å²) in [6.07, 6.45) is 3.47. The zero-order valence-corrected chi connectivity index (χ0v) is 19.8. The topological polar surface area (TPSA) is 15.6 Å². The van der Waals surface area contributed by atoms with Crippen LogP contribution in [0.25, 0.3) is 0 Å². The Morgan fingerprint density at radius 2 is 1.32 bits per heavy atom. The summed E-state index contributed by atoms with van der Waals surface area (Å²) in [7, 11) is 0. The highest BCUT2D eigenvalue weighted by Gasteiger charge is 2.39. The first-order chi connectivity index (χ1) is 16.8. The number of rotatable bonds is 7. The van der Waals surface area contributed by atoms with Gasteiger partial charge >= 0.3 is 0 Å². The summed E-state index contributed by atoms with van der Waals surface area (Å²) in [5.41, 5.74) is 7.45. The van der Waals surface area contributed by atoms with Crippen LogP contribution in [0.15, 0.2) is 120 Å². The second-order valence-corrected chi connectivity index (χ2v) is 9.07. The van der Waals surface area contributed by atoms with Crippen molar-refractivity contribution in [3.8, 4) is 0 Å². The third kappa shape index (κ3) is 4.68. The number of anilines is 1. The van der Waals surface area contributed by atoms with Gasteiger partial charge in [0.15, 0.2) is 0 Å². The number of nitrogens with zero attached hydrogens (tertiary/aromatic N) is 2. The first-order valence-electron chi connectivity index (χ1n) is 12.4. The lowest BCUT2D eigenvalue weighted by Crippen LogP contribution is -2.42. The standard InChI is InChI=1S/C32H32N2/c1-2-3-21-29-31(33-27-19-11-6-12-20-27)28-22-13-14-23-30(28)34(24-25-15-7-4-8-16-25)32(29)26-17-9-5-10-18-26/h4-20,22-23,29,32H,2-3,21,24H2,1H3/t29-,32+/m1/s1. The summed E-state index contributed by atoms with van der Waals surface area (Å²) >= 11 is 0. The van der Waals surface area contributed by atoms with E-state index in [0.717, 1.165) is 18.7 Å². The Hall–Kier alpha value is -3.65. The van der Waals surface area contributed by atoms with Crippen LogP contribution in [0.1, 0.15) is 48.9 Å². The van der Waals surface area contributed by atoms with E-state index in [1.54, 1.807) is 0 Å². The molecule has 4 aromatic rings. The zero-order chi connectivity index (χ0) is 23.2. The van der Waals surface area contributed by atoms with Gasteiger partial charge in [-0.3, -0.25) is 4.99 Å². The number of fused-ring (bicyclic) bond motifs is 1. The molecule has 0 bridgehead atoms. The molecular formula is C32H32N2. The van der Waals surface area contributed by atoms with Gasteiger partial charge in [0.2, 0.25) is 0 Å². The van der Waals surface area contributed by atoms with Crippen LogP contribution in [0.3, 0.4) is 0 Å². The van der Waals surface area contributed by atoms with Crippen LogP contribution >= 0.6 is 0 Å². The third-order valence-corrected chi connectivity index (χ3v) is 6.77. The average Bonchev–Trinajstić information content (AvgIpc) is 2.90. The molecule has 0 spiro atoms. The van der Waals surface area contributed by atoms with Crippen LogP contribution in [-0.2, 0) is 6.54 Å². The van der Waals surface area contributed by atoms with Gasteiger partial charge in [-0.15, -0.1) is 0 Å². The minimum absolute atomic E-state index is 0.227. The SMILES string of the molecule is CCCC[C@@H]1C(=Nc2ccccc2)c2ccccc2N(Cc2ccccc2)[C@H]1c1ccccc1. The van der Waals surface area contributed by atoms with Crippen LogP contribution < -0.4 is 4.90 Å². The van der Waals surface area contributed by atoms with Gasteiger partial charge in [0.05, 0.1) is 17.4 Å². The van der Waals surface area contributed by atoms with E-state index in [1.807, 2.05) is 0 Å². The van der Waals surface area contributed by atoms with Crippen molar-refractivity contribution in [2.24, 2.45) is 10.9 Å². The van der Waals surface area contributed by atoms with Crippen molar-refractivity contribution in [2.45, 2.75) is 38.8 Å². The highest BCUT2D eigenvalue weighted by atomic mass is 15.2. The van der Waals surface area contributed by atoms with Crippen LogP contribution in [0, 0.1) is 5.92 Å². The fourth-order valence-electron chi connectivity index (χ4n) is 5.19. The zero-order valence-electron chi connectivity index (χ0n) is 19.8. The summed E-state index contributed by atoms with van der Waals surface area (Å²) in [4.78, 5) is 7.92. The number of hydrogen-bond acceptors (Lipinski definition) is 2. The average molecular weight is 445 g/mol. The molecule has 0 fully saturated rings. The number of aliphatic imine (C=N–C) groups is 1. The fraction of sp³-hybridized carbons (Fsp3) is 0.219. The molecular weight excluding hydrogens is 412 g/mol. The minimum atomic E-state index is 0.227. The van der Waals surface area contributed by atoms with Crippen LogP contribution in [0.5, 0.6) is 0 Å². The summed E-state index contributed by atoms with van der Waals surface area (Å²) in [6, 6.07) is 41.4. The Morgan fingerprint density at radius 1 is 0.706 bits per heavy atom. The molecule has 0 amide bonds. The monoisotopic (exact) mass is 444 g/mol. The smallest absolute Gasteiger partial charge is 0.0633 e. The molecule has 0 saturated heterocycles. The Labute approximate surface area is 203 Å². The van der Waals surface area contributed by atoms with Crippen molar-refractivity contribution in [3.63, 3.8) is 0 Å². The van der Waals surface area contributed by atoms with Crippen molar-refractivity contribution in [1.82, 2.24) is 0 Å². The highest BCUT2D eigenvalue weighted by molar-refractivity contribution is 6.10. The van der Waals surface area contributed by atoms with Gasteiger partial charge in [0.25, 0.3) is 0 Å². The van der Waals surface area contributed by atoms with E-state index in [-0.39, 0.29) is 6.04 Å². The van der Waals surface area contributed by atoms with E-state index < -0.39 is 0 Å². The number of benzene rings is 4. The molecule has 0 radical (unpaired) electrons. The van der Waals surface area contributed by atoms with Crippen molar-refractivity contribution in [1.29, 1.82) is 0 Å². The van der Waals surface area contributed by atoms with Gasteiger partial charge in [-0.2, -0.15) is 0 Å². The van der Waals surface area contributed by atoms with Gasteiger partial charge in [-0.25, -0.2) is 0 Å². The largest absolute Gasteiger partial charge is 0.359 e. The molecule has 0 aliphatic carbocycles. The summed E-state index contributed by atoms with van der Waals surface area (Å²) in [5.74, 6) is 0.307. The molecule has 0 N–H and O–H groups in total. The quantitative estimate of drug-likeness (QED) is 0.279. The molecule has 0 saturated carbocycles. The Morgan fingerprint density at radius 3 is 2.03 bits per heavy atom. The van der Waals surface area contributed by atoms with Crippen LogP contribution in [0.4, 0.5) is 11.4 Å². The maximum Gasteiger partial charge on any atom is 0.0633 e. The van der Waals surface area contributed by atoms with E-state index in [2.05, 4.69) is 127 Å². The molecule has 0 unspecified atom stereocenters. The van der Waals surface area contributed by atoms with E-state index in [4.69, 9.17) is 4.99 Å². The van der Waals surface area contributed by atoms with Gasteiger partial charge < -0.3 is 4.90 Å². The normalized spacial score (nSPS) is 18.6. The predicted molar refractivity (Wildman–Crippen MR) is 144 cm³/mol. The lowest BCUT2D eigenvalue weighted by atomic mass is 9.77. The molecule has 0 aromatic heterocycles. The molecule has 2 nitrogen and oxygen atoms in total. The van der Waals surface area contributed by atoms with Crippen LogP contribution in [0.2, 0.25) is 0 Å². The molecule has 4 aromatic carbocycles. The maximum absolute atomic E-state index is 5.30. The fourth-order valence-corrected chi connectivity index (χ4v) is 5.19. The number of para-hydroxylation sites is 2. The lowest BCUT2D eigenvalue weighted by Gasteiger charge is -2.45. The number of hydrogen-bond donors (Lipinski definition) is 0. The van der Waals surface area contributed by atoms with E-state index >= 15 is 0 Å². The Kier molecular flexibility index (Phi) is 6.86. The minimum Gasteiger partial charge on any atom is -0.359 e. The second-order valence-electron chi connectivity index (χ2n) is 9.07. The lowest BCUT2D eigenvalue weighted by molar-refractivity contribution is 0.449. The Balaban J connectivity index is 1.71. The molecule has 34 heavy (non-hydrogen) atoms. The van der Waals surface area contributed by atoms with E-state index in [0.29, 0.717) is 5.92 Å².